The van der Waals surface area contributed by atoms with Crippen molar-refractivity contribution in [2.24, 2.45) is 17.8 Å². The molecule has 0 saturated carbocycles. The molecule has 0 amide bonds. The Kier molecular flexibility index (Phi) is 46.2. The molecule has 6 heteroatoms. The highest BCUT2D eigenvalue weighted by atomic mass is 16.6. The van der Waals surface area contributed by atoms with Crippen molar-refractivity contribution in [3.63, 3.8) is 0 Å². The van der Waals surface area contributed by atoms with E-state index >= 15 is 0 Å². The maximum absolute atomic E-state index is 12.8. The minimum atomic E-state index is -0.763. The molecule has 0 aromatic heterocycles. The van der Waals surface area contributed by atoms with Gasteiger partial charge in [0.15, 0.2) is 6.10 Å². The van der Waals surface area contributed by atoms with Crippen LogP contribution in [-0.2, 0) is 28.6 Å². The number of hydrogen-bond donors (Lipinski definition) is 0. The molecule has 6 nitrogen and oxygen atoms in total. The third kappa shape index (κ3) is 49.4. The number of ether oxygens (including phenoxy) is 3. The molecular weight excluding hydrogens is 769 g/mol. The molecule has 62 heavy (non-hydrogen) atoms. The molecule has 0 N–H and O–H groups in total. The van der Waals surface area contributed by atoms with E-state index in [1.807, 2.05) is 0 Å². The van der Waals surface area contributed by atoms with Crippen LogP contribution >= 0.6 is 0 Å². The summed E-state index contributed by atoms with van der Waals surface area (Å²) in [6, 6.07) is 0. The second kappa shape index (κ2) is 47.4. The molecule has 368 valence electrons. The average molecular weight is 877 g/mol. The van der Waals surface area contributed by atoms with Crippen molar-refractivity contribution in [3.8, 4) is 0 Å². The number of unbranched alkanes of at least 4 members (excludes halogenated alkanes) is 32. The predicted molar refractivity (Wildman–Crippen MR) is 266 cm³/mol. The van der Waals surface area contributed by atoms with Gasteiger partial charge in [0, 0.05) is 19.3 Å². The van der Waals surface area contributed by atoms with E-state index in [1.165, 1.54) is 186 Å². The Morgan fingerprint density at radius 1 is 0.274 bits per heavy atom. The minimum Gasteiger partial charge on any atom is -0.462 e. The molecule has 0 unspecified atom stereocenters. The zero-order valence-electron chi connectivity index (χ0n) is 42.7. The van der Waals surface area contributed by atoms with Crippen molar-refractivity contribution in [1.82, 2.24) is 0 Å². The van der Waals surface area contributed by atoms with E-state index in [2.05, 4.69) is 41.5 Å². The lowest BCUT2D eigenvalue weighted by Gasteiger charge is -2.18. The first-order valence-corrected chi connectivity index (χ1v) is 27.6. The molecule has 0 spiro atoms. The van der Waals surface area contributed by atoms with Crippen LogP contribution in [0.1, 0.15) is 305 Å². The first-order valence-electron chi connectivity index (χ1n) is 27.6. The normalized spacial score (nSPS) is 12.1. The summed E-state index contributed by atoms with van der Waals surface area (Å²) in [6.45, 7) is 13.7. The smallest absolute Gasteiger partial charge is 0.306 e. The summed E-state index contributed by atoms with van der Waals surface area (Å²) in [5.41, 5.74) is 0. The van der Waals surface area contributed by atoms with Crippen LogP contribution in [0.3, 0.4) is 0 Å². The van der Waals surface area contributed by atoms with E-state index in [1.54, 1.807) is 0 Å². The number of esters is 3. The molecule has 0 aliphatic rings. The maximum Gasteiger partial charge on any atom is 0.306 e. The average Bonchev–Trinajstić information content (AvgIpc) is 3.23. The van der Waals surface area contributed by atoms with E-state index in [0.717, 1.165) is 75.5 Å². The van der Waals surface area contributed by atoms with Crippen LogP contribution in [0.5, 0.6) is 0 Å². The summed E-state index contributed by atoms with van der Waals surface area (Å²) in [4.78, 5) is 38.0. The van der Waals surface area contributed by atoms with Gasteiger partial charge >= 0.3 is 17.9 Å². The Labute approximate surface area is 387 Å². The first-order chi connectivity index (χ1) is 30.1. The zero-order valence-corrected chi connectivity index (χ0v) is 42.7. The summed E-state index contributed by atoms with van der Waals surface area (Å²) in [6.07, 6.45) is 48.2. The lowest BCUT2D eigenvalue weighted by atomic mass is 10.0. The Bertz CT molecular complexity index is 960. The summed E-state index contributed by atoms with van der Waals surface area (Å²) < 4.78 is 16.8. The molecule has 0 bridgehead atoms. The summed E-state index contributed by atoms with van der Waals surface area (Å²) in [7, 11) is 0. The summed E-state index contributed by atoms with van der Waals surface area (Å²) in [5.74, 6) is 1.61. The topological polar surface area (TPSA) is 78.9 Å². The molecule has 0 aliphatic carbocycles. The fraction of sp³-hybridized carbons (Fsp3) is 0.946. The van der Waals surface area contributed by atoms with Gasteiger partial charge in [0.1, 0.15) is 13.2 Å². The van der Waals surface area contributed by atoms with Crippen molar-refractivity contribution < 1.29 is 28.6 Å². The maximum atomic E-state index is 12.8. The monoisotopic (exact) mass is 877 g/mol. The number of carbonyl (C=O) groups is 3. The number of carbonyl (C=O) groups excluding carboxylic acids is 3. The van der Waals surface area contributed by atoms with Crippen molar-refractivity contribution in [1.29, 1.82) is 0 Å². The van der Waals surface area contributed by atoms with Crippen molar-refractivity contribution in [2.45, 2.75) is 311 Å². The van der Waals surface area contributed by atoms with Gasteiger partial charge in [-0.2, -0.15) is 0 Å². The van der Waals surface area contributed by atoms with Crippen molar-refractivity contribution >= 4 is 17.9 Å². The Hall–Kier alpha value is -1.59. The van der Waals surface area contributed by atoms with Crippen LogP contribution in [-0.4, -0.2) is 37.2 Å². The van der Waals surface area contributed by atoms with E-state index in [9.17, 15) is 14.4 Å². The summed E-state index contributed by atoms with van der Waals surface area (Å²) >= 11 is 0. The van der Waals surface area contributed by atoms with Gasteiger partial charge in [-0.3, -0.25) is 14.4 Å². The van der Waals surface area contributed by atoms with Crippen LogP contribution in [0.4, 0.5) is 0 Å². The molecule has 1 atom stereocenters. The third-order valence-electron chi connectivity index (χ3n) is 12.6. The Balaban J connectivity index is 4.22. The molecule has 0 aromatic carbocycles. The fourth-order valence-electron chi connectivity index (χ4n) is 8.47. The highest BCUT2D eigenvalue weighted by molar-refractivity contribution is 5.71. The predicted octanol–water partition coefficient (Wildman–Crippen LogP) is 17.9. The van der Waals surface area contributed by atoms with Gasteiger partial charge in [-0.15, -0.1) is 0 Å². The van der Waals surface area contributed by atoms with Gasteiger partial charge in [0.25, 0.3) is 0 Å². The Morgan fingerprint density at radius 2 is 0.468 bits per heavy atom. The first kappa shape index (κ1) is 60.4. The van der Waals surface area contributed by atoms with Crippen LogP contribution in [0.15, 0.2) is 0 Å². The van der Waals surface area contributed by atoms with Crippen LogP contribution in [0, 0.1) is 17.8 Å². The van der Waals surface area contributed by atoms with Gasteiger partial charge < -0.3 is 14.2 Å². The molecule has 0 radical (unpaired) electrons. The quantitative estimate of drug-likeness (QED) is 0.0344. The van der Waals surface area contributed by atoms with Crippen LogP contribution < -0.4 is 0 Å². The zero-order chi connectivity index (χ0) is 45.6. The van der Waals surface area contributed by atoms with E-state index in [4.69, 9.17) is 14.2 Å². The molecular formula is C56H108O6. The molecule has 0 aromatic rings. The SMILES string of the molecule is CC(C)CCCCCCCCCCCCCCCCCCCCC(=O)O[C@H](COC(=O)CCCCCCCCCCCCC(C)C)COC(=O)CCCCCCCCCC(C)C. The fourth-order valence-corrected chi connectivity index (χ4v) is 8.47. The molecule has 0 fully saturated rings. The lowest BCUT2D eigenvalue weighted by Crippen LogP contribution is -2.30. The molecule has 0 aliphatic heterocycles. The highest BCUT2D eigenvalue weighted by Gasteiger charge is 2.19. The van der Waals surface area contributed by atoms with E-state index in [0.29, 0.717) is 19.3 Å². The standard InChI is InChI=1S/C56H108O6/c1-50(2)42-36-30-24-19-15-13-11-9-7-8-10-12-14-16-22-28-35-41-47-56(59)62-53(49-61-55(58)46-40-34-29-23-26-32-38-44-52(5)6)48-60-54(57)45-39-33-27-21-18-17-20-25-31-37-43-51(3)4/h50-53H,7-49H2,1-6H3/t53-/m1/s1. The molecule has 0 saturated heterocycles. The summed E-state index contributed by atoms with van der Waals surface area (Å²) in [5, 5.41) is 0. The second-order valence-electron chi connectivity index (χ2n) is 20.6. The van der Waals surface area contributed by atoms with E-state index < -0.39 is 6.10 Å². The Morgan fingerprint density at radius 3 is 0.694 bits per heavy atom. The van der Waals surface area contributed by atoms with Gasteiger partial charge in [-0.05, 0) is 37.0 Å². The molecule has 0 rings (SSSR count). The largest absolute Gasteiger partial charge is 0.462 e. The molecule has 0 heterocycles. The van der Waals surface area contributed by atoms with Gasteiger partial charge in [0.05, 0.1) is 0 Å². The second-order valence-corrected chi connectivity index (χ2v) is 20.6. The van der Waals surface area contributed by atoms with Crippen molar-refractivity contribution in [3.05, 3.63) is 0 Å². The third-order valence-corrected chi connectivity index (χ3v) is 12.6. The van der Waals surface area contributed by atoms with Crippen LogP contribution in [0.2, 0.25) is 0 Å². The number of hydrogen-bond acceptors (Lipinski definition) is 6. The number of rotatable bonds is 49. The van der Waals surface area contributed by atoms with Gasteiger partial charge in [-0.1, -0.05) is 266 Å². The van der Waals surface area contributed by atoms with Gasteiger partial charge in [0.2, 0.25) is 0 Å². The lowest BCUT2D eigenvalue weighted by molar-refractivity contribution is -0.167. The highest BCUT2D eigenvalue weighted by Crippen LogP contribution is 2.18. The van der Waals surface area contributed by atoms with Gasteiger partial charge in [-0.25, -0.2) is 0 Å². The van der Waals surface area contributed by atoms with Crippen molar-refractivity contribution in [2.75, 3.05) is 13.2 Å². The van der Waals surface area contributed by atoms with E-state index in [-0.39, 0.29) is 31.1 Å². The minimum absolute atomic E-state index is 0.0649. The van der Waals surface area contributed by atoms with Crippen LogP contribution in [0.25, 0.3) is 0 Å².